The number of rotatable bonds is 4. The summed E-state index contributed by atoms with van der Waals surface area (Å²) in [5.41, 5.74) is 1.07. The minimum absolute atomic E-state index is 0.323. The Bertz CT molecular complexity index is 514. The zero-order chi connectivity index (χ0) is 13.9. The molecule has 1 unspecified atom stereocenters. The standard InChI is InChI=1S/C15H21N3O/c1-11(10-15(2,3)4)9-13-17-14(18-19-13)12-7-5-6-8-16-12/h5-8,11H,9-10H2,1-4H3. The first-order chi connectivity index (χ1) is 8.94. The first-order valence-electron chi connectivity index (χ1n) is 6.68. The molecule has 2 rings (SSSR count). The third-order valence-corrected chi connectivity index (χ3v) is 2.85. The smallest absolute Gasteiger partial charge is 0.227 e. The highest BCUT2D eigenvalue weighted by atomic mass is 16.5. The Hall–Kier alpha value is -1.71. The van der Waals surface area contributed by atoms with Crippen LogP contribution < -0.4 is 0 Å². The Morgan fingerprint density at radius 1 is 1.26 bits per heavy atom. The highest BCUT2D eigenvalue weighted by molar-refractivity contribution is 5.46. The van der Waals surface area contributed by atoms with Crippen molar-refractivity contribution < 1.29 is 4.52 Å². The summed E-state index contributed by atoms with van der Waals surface area (Å²) < 4.78 is 5.30. The molecule has 0 saturated carbocycles. The van der Waals surface area contributed by atoms with Crippen LogP contribution >= 0.6 is 0 Å². The van der Waals surface area contributed by atoms with Gasteiger partial charge in [0.2, 0.25) is 11.7 Å². The lowest BCUT2D eigenvalue weighted by Crippen LogP contribution is -2.12. The molecule has 0 radical (unpaired) electrons. The quantitative estimate of drug-likeness (QED) is 0.839. The van der Waals surface area contributed by atoms with Crippen molar-refractivity contribution in [3.63, 3.8) is 0 Å². The number of nitrogens with zero attached hydrogens (tertiary/aromatic N) is 3. The molecule has 19 heavy (non-hydrogen) atoms. The molecule has 2 aromatic heterocycles. The normalized spacial score (nSPS) is 13.5. The molecule has 0 amide bonds. The molecule has 0 saturated heterocycles. The molecule has 4 nitrogen and oxygen atoms in total. The van der Waals surface area contributed by atoms with Crippen molar-refractivity contribution >= 4 is 0 Å². The molecular formula is C15H21N3O. The van der Waals surface area contributed by atoms with E-state index < -0.39 is 0 Å². The van der Waals surface area contributed by atoms with E-state index in [1.807, 2.05) is 18.2 Å². The largest absolute Gasteiger partial charge is 0.339 e. The molecule has 0 fully saturated rings. The maximum Gasteiger partial charge on any atom is 0.227 e. The van der Waals surface area contributed by atoms with Gasteiger partial charge in [0.25, 0.3) is 0 Å². The fourth-order valence-electron chi connectivity index (χ4n) is 2.35. The van der Waals surface area contributed by atoms with Crippen LogP contribution in [-0.2, 0) is 6.42 Å². The molecule has 0 aliphatic heterocycles. The van der Waals surface area contributed by atoms with Crippen LogP contribution in [-0.4, -0.2) is 15.1 Å². The predicted octanol–water partition coefficient (Wildman–Crippen LogP) is 3.75. The van der Waals surface area contributed by atoms with Gasteiger partial charge < -0.3 is 4.52 Å². The minimum atomic E-state index is 0.323. The highest BCUT2D eigenvalue weighted by Crippen LogP contribution is 2.26. The second kappa shape index (κ2) is 5.51. The second-order valence-corrected chi connectivity index (χ2v) is 6.30. The Morgan fingerprint density at radius 3 is 2.68 bits per heavy atom. The highest BCUT2D eigenvalue weighted by Gasteiger charge is 2.18. The molecule has 2 heterocycles. The van der Waals surface area contributed by atoms with E-state index in [4.69, 9.17) is 4.52 Å². The van der Waals surface area contributed by atoms with Gasteiger partial charge in [-0.2, -0.15) is 4.98 Å². The van der Waals surface area contributed by atoms with E-state index in [0.29, 0.717) is 23.0 Å². The Balaban J connectivity index is 2.02. The molecule has 0 N–H and O–H groups in total. The third-order valence-electron chi connectivity index (χ3n) is 2.85. The van der Waals surface area contributed by atoms with Crippen LogP contribution in [0.2, 0.25) is 0 Å². The molecular weight excluding hydrogens is 238 g/mol. The van der Waals surface area contributed by atoms with Gasteiger partial charge in [-0.3, -0.25) is 4.98 Å². The first-order valence-corrected chi connectivity index (χ1v) is 6.68. The maximum atomic E-state index is 5.30. The number of pyridine rings is 1. The van der Waals surface area contributed by atoms with Crippen molar-refractivity contribution in [3.8, 4) is 11.5 Å². The average molecular weight is 259 g/mol. The summed E-state index contributed by atoms with van der Waals surface area (Å²) in [6, 6.07) is 5.67. The van der Waals surface area contributed by atoms with Gasteiger partial charge >= 0.3 is 0 Å². The summed E-state index contributed by atoms with van der Waals surface area (Å²) in [4.78, 5) is 8.63. The van der Waals surface area contributed by atoms with Crippen molar-refractivity contribution in [2.75, 3.05) is 0 Å². The molecule has 0 aromatic carbocycles. The summed E-state index contributed by atoms with van der Waals surface area (Å²) in [5.74, 6) is 1.79. The van der Waals surface area contributed by atoms with E-state index in [2.05, 4.69) is 42.8 Å². The predicted molar refractivity (Wildman–Crippen MR) is 74.5 cm³/mol. The van der Waals surface area contributed by atoms with Gasteiger partial charge in [-0.25, -0.2) is 0 Å². The molecule has 4 heteroatoms. The van der Waals surface area contributed by atoms with E-state index in [1.165, 1.54) is 0 Å². The van der Waals surface area contributed by atoms with E-state index in [1.54, 1.807) is 6.20 Å². The Labute approximate surface area is 114 Å². The van der Waals surface area contributed by atoms with Gasteiger partial charge in [0, 0.05) is 12.6 Å². The summed E-state index contributed by atoms with van der Waals surface area (Å²) >= 11 is 0. The van der Waals surface area contributed by atoms with Crippen LogP contribution in [0, 0.1) is 11.3 Å². The summed E-state index contributed by atoms with van der Waals surface area (Å²) in [6.07, 6.45) is 3.68. The lowest BCUT2D eigenvalue weighted by molar-refractivity contribution is 0.283. The fourth-order valence-corrected chi connectivity index (χ4v) is 2.35. The van der Waals surface area contributed by atoms with E-state index >= 15 is 0 Å². The molecule has 0 bridgehead atoms. The monoisotopic (exact) mass is 259 g/mol. The van der Waals surface area contributed by atoms with Gasteiger partial charge in [0.1, 0.15) is 5.69 Å². The van der Waals surface area contributed by atoms with Crippen LogP contribution in [0.15, 0.2) is 28.9 Å². The summed E-state index contributed by atoms with van der Waals surface area (Å²) in [6.45, 7) is 8.96. The average Bonchev–Trinajstić information content (AvgIpc) is 2.76. The Morgan fingerprint density at radius 2 is 2.05 bits per heavy atom. The lowest BCUT2D eigenvalue weighted by Gasteiger charge is -2.21. The topological polar surface area (TPSA) is 51.8 Å². The van der Waals surface area contributed by atoms with Crippen molar-refractivity contribution in [1.29, 1.82) is 0 Å². The van der Waals surface area contributed by atoms with Gasteiger partial charge in [0.15, 0.2) is 0 Å². The number of aromatic nitrogens is 3. The van der Waals surface area contributed by atoms with Gasteiger partial charge in [-0.05, 0) is 29.9 Å². The molecule has 2 aromatic rings. The van der Waals surface area contributed by atoms with Crippen LogP contribution in [0.4, 0.5) is 0 Å². The van der Waals surface area contributed by atoms with Crippen molar-refractivity contribution in [2.45, 2.75) is 40.5 Å². The minimum Gasteiger partial charge on any atom is -0.339 e. The third kappa shape index (κ3) is 4.16. The SMILES string of the molecule is CC(Cc1nc(-c2ccccn2)no1)CC(C)(C)C. The van der Waals surface area contributed by atoms with E-state index in [-0.39, 0.29) is 0 Å². The molecule has 0 aliphatic carbocycles. The molecule has 102 valence electrons. The zero-order valence-electron chi connectivity index (χ0n) is 12.1. The van der Waals surface area contributed by atoms with Crippen LogP contribution in [0.5, 0.6) is 0 Å². The van der Waals surface area contributed by atoms with Crippen molar-refractivity contribution in [3.05, 3.63) is 30.3 Å². The van der Waals surface area contributed by atoms with Gasteiger partial charge in [0.05, 0.1) is 0 Å². The molecule has 0 spiro atoms. The maximum absolute atomic E-state index is 5.30. The van der Waals surface area contributed by atoms with Crippen molar-refractivity contribution in [2.24, 2.45) is 11.3 Å². The van der Waals surface area contributed by atoms with Crippen LogP contribution in [0.1, 0.15) is 40.0 Å². The number of hydrogen-bond donors (Lipinski definition) is 0. The lowest BCUT2D eigenvalue weighted by atomic mass is 9.84. The second-order valence-electron chi connectivity index (χ2n) is 6.30. The first kappa shape index (κ1) is 13.7. The number of hydrogen-bond acceptors (Lipinski definition) is 4. The van der Waals surface area contributed by atoms with Crippen LogP contribution in [0.25, 0.3) is 11.5 Å². The van der Waals surface area contributed by atoms with Crippen LogP contribution in [0.3, 0.4) is 0 Å². The zero-order valence-corrected chi connectivity index (χ0v) is 12.1. The summed E-state index contributed by atoms with van der Waals surface area (Å²) in [7, 11) is 0. The molecule has 0 aliphatic rings. The van der Waals surface area contributed by atoms with Gasteiger partial charge in [-0.15, -0.1) is 0 Å². The van der Waals surface area contributed by atoms with Gasteiger partial charge in [-0.1, -0.05) is 38.9 Å². The molecule has 1 atom stereocenters. The Kier molecular flexibility index (Phi) is 3.98. The summed E-state index contributed by atoms with van der Waals surface area (Å²) in [5, 5.41) is 3.99. The van der Waals surface area contributed by atoms with Crippen molar-refractivity contribution in [1.82, 2.24) is 15.1 Å². The van der Waals surface area contributed by atoms with E-state index in [9.17, 15) is 0 Å². The fraction of sp³-hybridized carbons (Fsp3) is 0.533. The van der Waals surface area contributed by atoms with E-state index in [0.717, 1.165) is 18.5 Å².